The minimum Gasteiger partial charge on any atom is -0.473 e. The second-order valence-electron chi connectivity index (χ2n) is 7.82. The summed E-state index contributed by atoms with van der Waals surface area (Å²) >= 11 is 3.67. The van der Waals surface area contributed by atoms with E-state index in [1.807, 2.05) is 0 Å². The van der Waals surface area contributed by atoms with Crippen molar-refractivity contribution >= 4 is 27.9 Å². The molecule has 1 saturated heterocycles. The van der Waals surface area contributed by atoms with Crippen LogP contribution in [0, 0.1) is 17.8 Å². The Labute approximate surface area is 174 Å². The highest BCUT2D eigenvalue weighted by atomic mass is 79.9. The quantitative estimate of drug-likeness (QED) is 0.542. The summed E-state index contributed by atoms with van der Waals surface area (Å²) in [6, 6.07) is 8.61. The summed E-state index contributed by atoms with van der Waals surface area (Å²) in [5.41, 5.74) is 1.41. The number of hydrogen-bond acceptors (Lipinski definition) is 4. The SMILES string of the molecule is Brc1ccccc1CN1CCN(CC2CC3C=CC2C3)CC1.O=C(O)C(=O)O. The number of carboxylic acids is 2. The van der Waals surface area contributed by atoms with Gasteiger partial charge in [-0.3, -0.25) is 4.90 Å². The molecule has 28 heavy (non-hydrogen) atoms. The monoisotopic (exact) mass is 450 g/mol. The number of carbonyl (C=O) groups is 2. The van der Waals surface area contributed by atoms with E-state index in [4.69, 9.17) is 19.8 Å². The molecule has 4 rings (SSSR count). The van der Waals surface area contributed by atoms with E-state index in [1.54, 1.807) is 0 Å². The third-order valence-corrected chi connectivity index (χ3v) is 6.68. The molecule has 2 bridgehead atoms. The number of piperazine rings is 1. The summed E-state index contributed by atoms with van der Waals surface area (Å²) in [6.45, 7) is 7.29. The molecule has 2 N–H and O–H groups in total. The predicted molar refractivity (Wildman–Crippen MR) is 110 cm³/mol. The fourth-order valence-electron chi connectivity index (χ4n) is 4.43. The van der Waals surface area contributed by atoms with Crippen molar-refractivity contribution in [2.45, 2.75) is 19.4 Å². The number of aliphatic carboxylic acids is 2. The Bertz CT molecular complexity index is 719. The minimum absolute atomic E-state index is 0.892. The van der Waals surface area contributed by atoms with Gasteiger partial charge in [0.05, 0.1) is 0 Å². The smallest absolute Gasteiger partial charge is 0.414 e. The van der Waals surface area contributed by atoms with E-state index in [-0.39, 0.29) is 0 Å². The van der Waals surface area contributed by atoms with E-state index >= 15 is 0 Å². The largest absolute Gasteiger partial charge is 0.473 e. The molecule has 1 saturated carbocycles. The Balaban J connectivity index is 0.000000330. The van der Waals surface area contributed by atoms with E-state index in [1.165, 1.54) is 55.6 Å². The molecule has 6 nitrogen and oxygen atoms in total. The van der Waals surface area contributed by atoms with Crippen LogP contribution in [0.4, 0.5) is 0 Å². The van der Waals surface area contributed by atoms with Gasteiger partial charge < -0.3 is 15.1 Å². The molecular weight excluding hydrogens is 424 g/mol. The normalized spacial score (nSPS) is 26.7. The van der Waals surface area contributed by atoms with E-state index < -0.39 is 11.9 Å². The molecule has 0 amide bonds. The maximum absolute atomic E-state index is 9.10. The average molecular weight is 451 g/mol. The fourth-order valence-corrected chi connectivity index (χ4v) is 4.84. The number of allylic oxidation sites excluding steroid dienone is 2. The number of halogens is 1. The molecule has 0 radical (unpaired) electrons. The van der Waals surface area contributed by atoms with Crippen molar-refractivity contribution in [1.29, 1.82) is 0 Å². The van der Waals surface area contributed by atoms with Gasteiger partial charge in [0, 0.05) is 43.7 Å². The molecule has 0 spiro atoms. The van der Waals surface area contributed by atoms with Crippen LogP contribution in [0.3, 0.4) is 0 Å². The zero-order chi connectivity index (χ0) is 20.1. The second-order valence-corrected chi connectivity index (χ2v) is 8.67. The van der Waals surface area contributed by atoms with Crippen LogP contribution in [0.15, 0.2) is 40.9 Å². The lowest BCUT2D eigenvalue weighted by molar-refractivity contribution is -0.159. The van der Waals surface area contributed by atoms with Crippen LogP contribution in [0.1, 0.15) is 18.4 Å². The highest BCUT2D eigenvalue weighted by Gasteiger charge is 2.36. The Morgan fingerprint density at radius 1 is 0.964 bits per heavy atom. The molecule has 152 valence electrons. The first-order valence-corrected chi connectivity index (χ1v) is 10.5. The van der Waals surface area contributed by atoms with Crippen molar-refractivity contribution in [3.63, 3.8) is 0 Å². The van der Waals surface area contributed by atoms with Crippen molar-refractivity contribution in [3.05, 3.63) is 46.5 Å². The van der Waals surface area contributed by atoms with Gasteiger partial charge in [0.2, 0.25) is 0 Å². The Hall–Kier alpha value is -1.70. The minimum atomic E-state index is -1.82. The molecular formula is C21H27BrN2O4. The van der Waals surface area contributed by atoms with Gasteiger partial charge in [0.15, 0.2) is 0 Å². The molecule has 1 aromatic carbocycles. The lowest BCUT2D eigenvalue weighted by Crippen LogP contribution is -2.47. The van der Waals surface area contributed by atoms with Gasteiger partial charge >= 0.3 is 11.9 Å². The molecule has 2 fully saturated rings. The lowest BCUT2D eigenvalue weighted by atomic mass is 9.93. The molecule has 1 heterocycles. The molecule has 1 aromatic rings. The van der Waals surface area contributed by atoms with Gasteiger partial charge in [0.25, 0.3) is 0 Å². The van der Waals surface area contributed by atoms with Gasteiger partial charge in [0.1, 0.15) is 0 Å². The van der Waals surface area contributed by atoms with Crippen molar-refractivity contribution in [2.24, 2.45) is 17.8 Å². The van der Waals surface area contributed by atoms with Crippen LogP contribution in [-0.2, 0) is 16.1 Å². The molecule has 1 aliphatic heterocycles. The third-order valence-electron chi connectivity index (χ3n) is 5.91. The van der Waals surface area contributed by atoms with Crippen molar-refractivity contribution < 1.29 is 19.8 Å². The van der Waals surface area contributed by atoms with Crippen LogP contribution in [-0.4, -0.2) is 64.7 Å². The van der Waals surface area contributed by atoms with E-state index in [2.05, 4.69) is 62.1 Å². The van der Waals surface area contributed by atoms with E-state index in [9.17, 15) is 0 Å². The Morgan fingerprint density at radius 3 is 2.14 bits per heavy atom. The van der Waals surface area contributed by atoms with Gasteiger partial charge in [-0.1, -0.05) is 46.3 Å². The van der Waals surface area contributed by atoms with Gasteiger partial charge in [-0.25, -0.2) is 9.59 Å². The maximum Gasteiger partial charge on any atom is 0.414 e. The predicted octanol–water partition coefficient (Wildman–Crippen LogP) is 2.93. The van der Waals surface area contributed by atoms with Crippen LogP contribution in [0.5, 0.6) is 0 Å². The third kappa shape index (κ3) is 5.65. The first-order chi connectivity index (χ1) is 13.4. The van der Waals surface area contributed by atoms with Crippen molar-refractivity contribution in [3.8, 4) is 0 Å². The second kappa shape index (κ2) is 9.67. The van der Waals surface area contributed by atoms with Crippen LogP contribution >= 0.6 is 15.9 Å². The first-order valence-electron chi connectivity index (χ1n) is 9.75. The number of benzene rings is 1. The molecule has 0 aromatic heterocycles. The standard InChI is InChI=1S/C19H25BrN2.C2H2O4/c20-19-4-2-1-3-17(19)13-21-7-9-22(10-8-21)14-18-12-15-5-6-16(18)11-15;3-1(4)2(5)6/h1-6,15-16,18H,7-14H2;(H,3,4)(H,5,6). The highest BCUT2D eigenvalue weighted by molar-refractivity contribution is 9.10. The Morgan fingerprint density at radius 2 is 1.61 bits per heavy atom. The molecule has 3 atom stereocenters. The number of carboxylic acid groups (broad SMARTS) is 2. The number of nitrogens with zero attached hydrogens (tertiary/aromatic N) is 2. The molecule has 7 heteroatoms. The summed E-state index contributed by atoms with van der Waals surface area (Å²) in [4.78, 5) is 23.5. The average Bonchev–Trinajstić information content (AvgIpc) is 3.29. The van der Waals surface area contributed by atoms with Crippen molar-refractivity contribution in [2.75, 3.05) is 32.7 Å². The fraction of sp³-hybridized carbons (Fsp3) is 0.524. The maximum atomic E-state index is 9.10. The first kappa shape index (κ1) is 21.0. The van der Waals surface area contributed by atoms with Gasteiger partial charge in [-0.05, 0) is 42.2 Å². The van der Waals surface area contributed by atoms with Crippen molar-refractivity contribution in [1.82, 2.24) is 9.80 Å². The topological polar surface area (TPSA) is 81.1 Å². The van der Waals surface area contributed by atoms with Crippen LogP contribution < -0.4 is 0 Å². The van der Waals surface area contributed by atoms with Crippen LogP contribution in [0.25, 0.3) is 0 Å². The number of rotatable bonds is 4. The molecule has 3 unspecified atom stereocenters. The van der Waals surface area contributed by atoms with Gasteiger partial charge in [-0.2, -0.15) is 0 Å². The number of hydrogen-bond donors (Lipinski definition) is 2. The lowest BCUT2D eigenvalue weighted by Gasteiger charge is -2.37. The zero-order valence-electron chi connectivity index (χ0n) is 15.8. The molecule has 2 aliphatic carbocycles. The number of fused-ring (bicyclic) bond motifs is 2. The Kier molecular flexibility index (Phi) is 7.26. The summed E-state index contributed by atoms with van der Waals surface area (Å²) in [5, 5.41) is 14.8. The highest BCUT2D eigenvalue weighted by Crippen LogP contribution is 2.43. The summed E-state index contributed by atoms with van der Waals surface area (Å²) in [5.74, 6) is -0.912. The molecule has 3 aliphatic rings. The summed E-state index contributed by atoms with van der Waals surface area (Å²) < 4.78 is 1.24. The van der Waals surface area contributed by atoms with E-state index in [0.29, 0.717) is 0 Å². The summed E-state index contributed by atoms with van der Waals surface area (Å²) in [7, 11) is 0. The van der Waals surface area contributed by atoms with Gasteiger partial charge in [-0.15, -0.1) is 0 Å². The summed E-state index contributed by atoms with van der Waals surface area (Å²) in [6.07, 6.45) is 7.82. The zero-order valence-corrected chi connectivity index (χ0v) is 17.4. The van der Waals surface area contributed by atoms with E-state index in [0.717, 1.165) is 24.3 Å². The van der Waals surface area contributed by atoms with Crippen LogP contribution in [0.2, 0.25) is 0 Å².